The van der Waals surface area contributed by atoms with Crippen LogP contribution in [0.15, 0.2) is 12.3 Å². The largest absolute Gasteiger partial charge is 0.617 e. The molecule has 0 aliphatic carbocycles. The summed E-state index contributed by atoms with van der Waals surface area (Å²) in [6.45, 7) is 0.453. The molecule has 0 bridgehead atoms. The van der Waals surface area contributed by atoms with E-state index in [1.807, 2.05) is 0 Å². The van der Waals surface area contributed by atoms with Gasteiger partial charge in [-0.1, -0.05) is 11.2 Å². The van der Waals surface area contributed by atoms with Crippen LogP contribution in [-0.2, 0) is 17.7 Å². The van der Waals surface area contributed by atoms with E-state index >= 15 is 0 Å². The molecule has 1 unspecified atom stereocenters. The third kappa shape index (κ3) is 2.74. The zero-order valence-electron chi connectivity index (χ0n) is 7.27. The average Bonchev–Trinajstić information content (AvgIpc) is 2.47. The first-order chi connectivity index (χ1) is 6.11. The summed E-state index contributed by atoms with van der Waals surface area (Å²) in [5, 5.41) is 3.89. The highest BCUT2D eigenvalue weighted by Crippen LogP contribution is 1.98. The molecule has 1 amide bonds. The Balaban J connectivity index is 2.65. The molecule has 0 fully saturated rings. The Morgan fingerprint density at radius 3 is 3.08 bits per heavy atom. The van der Waals surface area contributed by atoms with Crippen molar-refractivity contribution in [1.82, 2.24) is 9.78 Å². The van der Waals surface area contributed by atoms with Gasteiger partial charge in [-0.25, -0.2) is 0 Å². The molecule has 2 N–H and O–H groups in total. The molecule has 0 saturated carbocycles. The molecule has 6 heteroatoms. The van der Waals surface area contributed by atoms with Crippen LogP contribution in [0.4, 0.5) is 0 Å². The van der Waals surface area contributed by atoms with E-state index < -0.39 is 17.1 Å². The fourth-order valence-electron chi connectivity index (χ4n) is 0.935. The fourth-order valence-corrected chi connectivity index (χ4v) is 1.37. The van der Waals surface area contributed by atoms with E-state index in [0.717, 1.165) is 0 Å². The van der Waals surface area contributed by atoms with Crippen molar-refractivity contribution in [3.05, 3.63) is 18.0 Å². The number of rotatable bonds is 4. The summed E-state index contributed by atoms with van der Waals surface area (Å²) in [6.07, 6.45) is 3.10. The van der Waals surface area contributed by atoms with Gasteiger partial charge in [-0.3, -0.25) is 9.48 Å². The van der Waals surface area contributed by atoms with Crippen LogP contribution in [0.1, 0.15) is 10.5 Å². The molecule has 1 aromatic rings. The molecule has 1 heterocycles. The average molecular weight is 201 g/mol. The maximum atomic E-state index is 10.8. The number of aryl methyl sites for hydroxylation is 1. The molecule has 5 nitrogen and oxygen atoms in total. The Morgan fingerprint density at radius 1 is 1.85 bits per heavy atom. The minimum absolute atomic E-state index is 0.352. The first-order valence-corrected chi connectivity index (χ1v) is 5.45. The highest BCUT2D eigenvalue weighted by molar-refractivity contribution is 7.90. The molecule has 13 heavy (non-hydrogen) atoms. The second-order valence-electron chi connectivity index (χ2n) is 2.58. The molecular formula is C7H11N3O2S. The van der Waals surface area contributed by atoms with Crippen LogP contribution < -0.4 is 5.73 Å². The number of amides is 1. The van der Waals surface area contributed by atoms with Crippen LogP contribution in [0, 0.1) is 0 Å². The molecule has 0 aliphatic rings. The Bertz CT molecular complexity index is 298. The lowest BCUT2D eigenvalue weighted by Gasteiger charge is -2.06. The minimum atomic E-state index is -0.885. The first kappa shape index (κ1) is 10.1. The normalized spacial score (nSPS) is 12.8. The van der Waals surface area contributed by atoms with Crippen molar-refractivity contribution in [2.75, 3.05) is 12.0 Å². The summed E-state index contributed by atoms with van der Waals surface area (Å²) in [5.41, 5.74) is 5.44. The van der Waals surface area contributed by atoms with Crippen LogP contribution in [0.25, 0.3) is 0 Å². The van der Waals surface area contributed by atoms with Crippen molar-refractivity contribution in [2.24, 2.45) is 5.73 Å². The lowest BCUT2D eigenvalue weighted by Crippen LogP contribution is -2.20. The van der Waals surface area contributed by atoms with Gasteiger partial charge in [0.05, 0.1) is 12.8 Å². The molecule has 1 rings (SSSR count). The van der Waals surface area contributed by atoms with Gasteiger partial charge < -0.3 is 10.3 Å². The number of hydrogen-bond acceptors (Lipinski definition) is 3. The van der Waals surface area contributed by atoms with Gasteiger partial charge in [-0.05, 0) is 6.07 Å². The van der Waals surface area contributed by atoms with Crippen LogP contribution in [0.5, 0.6) is 0 Å². The van der Waals surface area contributed by atoms with Gasteiger partial charge in [0.25, 0.3) is 5.91 Å². The summed E-state index contributed by atoms with van der Waals surface area (Å²) in [7, 11) is 0. The first-order valence-electron chi connectivity index (χ1n) is 3.73. The maximum Gasteiger partial charge on any atom is 0.266 e. The maximum absolute atomic E-state index is 10.8. The number of primary amides is 1. The van der Waals surface area contributed by atoms with Gasteiger partial charge in [0.2, 0.25) is 0 Å². The summed E-state index contributed by atoms with van der Waals surface area (Å²) < 4.78 is 12.2. The van der Waals surface area contributed by atoms with E-state index in [4.69, 9.17) is 5.73 Å². The van der Waals surface area contributed by atoms with E-state index in [2.05, 4.69) is 5.10 Å². The lowest BCUT2D eigenvalue weighted by atomic mass is 10.4. The standard InChI is InChI=1S/C7H11N3O2S/c1-13(12)5-4-10-6(7(8)11)2-3-9-10/h2-3H,4-5H2,1H3,(H2,8,11). The molecular weight excluding hydrogens is 190 g/mol. The van der Waals surface area contributed by atoms with Crippen LogP contribution >= 0.6 is 0 Å². The molecule has 0 spiro atoms. The Kier molecular flexibility index (Phi) is 3.32. The Labute approximate surface area is 79.1 Å². The molecule has 0 saturated heterocycles. The number of nitrogens with zero attached hydrogens (tertiary/aromatic N) is 2. The second kappa shape index (κ2) is 4.29. The highest BCUT2D eigenvalue weighted by atomic mass is 32.2. The van der Waals surface area contributed by atoms with Crippen molar-refractivity contribution in [3.63, 3.8) is 0 Å². The third-order valence-corrected chi connectivity index (χ3v) is 2.32. The van der Waals surface area contributed by atoms with Crippen molar-refractivity contribution >= 4 is 17.1 Å². The van der Waals surface area contributed by atoms with Gasteiger partial charge in [-0.15, -0.1) is 0 Å². The molecule has 0 aromatic carbocycles. The van der Waals surface area contributed by atoms with Gasteiger partial charge in [0.15, 0.2) is 0 Å². The topological polar surface area (TPSA) is 84.0 Å². The summed E-state index contributed by atoms with van der Waals surface area (Å²) in [5.74, 6) is -0.0403. The molecule has 0 radical (unpaired) electrons. The minimum Gasteiger partial charge on any atom is -0.617 e. The number of nitrogens with two attached hydrogens (primary N) is 1. The number of carbonyl (C=O) groups excluding carboxylic acids is 1. The third-order valence-electron chi connectivity index (χ3n) is 1.56. The predicted molar refractivity (Wildman–Crippen MR) is 49.7 cm³/mol. The van der Waals surface area contributed by atoms with Crippen molar-refractivity contribution in [1.29, 1.82) is 0 Å². The second-order valence-corrected chi connectivity index (χ2v) is 4.14. The van der Waals surface area contributed by atoms with Crippen molar-refractivity contribution in [2.45, 2.75) is 6.54 Å². The van der Waals surface area contributed by atoms with E-state index in [-0.39, 0.29) is 0 Å². The molecule has 0 aliphatic heterocycles. The van der Waals surface area contributed by atoms with Crippen LogP contribution in [-0.4, -0.2) is 32.2 Å². The van der Waals surface area contributed by atoms with E-state index in [1.54, 1.807) is 12.3 Å². The summed E-state index contributed by atoms with van der Waals surface area (Å²) in [4.78, 5) is 10.8. The van der Waals surface area contributed by atoms with Crippen LogP contribution in [0.3, 0.4) is 0 Å². The van der Waals surface area contributed by atoms with Crippen molar-refractivity contribution in [3.8, 4) is 0 Å². The van der Waals surface area contributed by atoms with Gasteiger partial charge in [0.1, 0.15) is 11.4 Å². The summed E-state index contributed by atoms with van der Waals surface area (Å²) >= 11 is -0.885. The number of hydrogen-bond donors (Lipinski definition) is 1. The monoisotopic (exact) mass is 201 g/mol. The Hall–Kier alpha value is -1.01. The van der Waals surface area contributed by atoms with E-state index in [1.165, 1.54) is 10.9 Å². The molecule has 1 atom stereocenters. The zero-order valence-corrected chi connectivity index (χ0v) is 8.08. The van der Waals surface area contributed by atoms with Gasteiger partial charge >= 0.3 is 0 Å². The SMILES string of the molecule is C[S+]([O-])CCn1nccc1C(N)=O. The van der Waals surface area contributed by atoms with Gasteiger partial charge in [-0.2, -0.15) is 5.10 Å². The van der Waals surface area contributed by atoms with E-state index in [0.29, 0.717) is 18.0 Å². The number of aromatic nitrogens is 2. The predicted octanol–water partition coefficient (Wildman–Crippen LogP) is -0.639. The van der Waals surface area contributed by atoms with Crippen molar-refractivity contribution < 1.29 is 9.35 Å². The van der Waals surface area contributed by atoms with Gasteiger partial charge in [0, 0.05) is 6.20 Å². The van der Waals surface area contributed by atoms with Crippen LogP contribution in [0.2, 0.25) is 0 Å². The lowest BCUT2D eigenvalue weighted by molar-refractivity contribution is 0.0990. The molecule has 1 aromatic heterocycles. The number of carbonyl (C=O) groups is 1. The smallest absolute Gasteiger partial charge is 0.266 e. The molecule has 72 valence electrons. The highest BCUT2D eigenvalue weighted by Gasteiger charge is 2.08. The summed E-state index contributed by atoms with van der Waals surface area (Å²) in [6, 6.07) is 1.54. The van der Waals surface area contributed by atoms with E-state index in [9.17, 15) is 9.35 Å². The fraction of sp³-hybridized carbons (Fsp3) is 0.429. The quantitative estimate of drug-likeness (QED) is 0.658. The zero-order chi connectivity index (χ0) is 9.84. The Morgan fingerprint density at radius 2 is 2.54 bits per heavy atom.